The van der Waals surface area contributed by atoms with Gasteiger partial charge in [0.25, 0.3) is 0 Å². The van der Waals surface area contributed by atoms with Gasteiger partial charge < -0.3 is 31.7 Å². The van der Waals surface area contributed by atoms with Crippen molar-refractivity contribution in [2.45, 2.75) is 6.54 Å². The second-order valence-electron chi connectivity index (χ2n) is 2.65. The molecule has 0 amide bonds. The van der Waals surface area contributed by atoms with Crippen molar-refractivity contribution in [3.8, 4) is 0 Å². The molecule has 0 saturated carbocycles. The number of hydrogen-bond acceptors (Lipinski definition) is 6. The summed E-state index contributed by atoms with van der Waals surface area (Å²) in [6, 6.07) is 0. The van der Waals surface area contributed by atoms with Crippen molar-refractivity contribution in [3.05, 3.63) is 20.2 Å². The van der Waals surface area contributed by atoms with Gasteiger partial charge in [0.05, 0.1) is 0 Å². The lowest BCUT2D eigenvalue weighted by atomic mass is 10.5. The zero-order chi connectivity index (χ0) is 11.6. The van der Waals surface area contributed by atoms with Gasteiger partial charge in [0.1, 0.15) is 6.54 Å². The molecule has 0 aliphatic carbocycles. The molecule has 0 aliphatic rings. The summed E-state index contributed by atoms with van der Waals surface area (Å²) >= 11 is 0. The van der Waals surface area contributed by atoms with Crippen LogP contribution in [-0.2, 0) is 6.54 Å². The number of anilines is 1. The summed E-state index contributed by atoms with van der Waals surface area (Å²) in [5, 5.41) is 24.4. The Morgan fingerprint density at radius 3 is 2.40 bits per heavy atom. The highest BCUT2D eigenvalue weighted by molar-refractivity contribution is 5.65. The highest BCUT2D eigenvalue weighted by Gasteiger charge is 2.34. The lowest BCUT2D eigenvalue weighted by Crippen LogP contribution is -2.52. The van der Waals surface area contributed by atoms with E-state index in [1.165, 1.54) is 0 Å². The van der Waals surface area contributed by atoms with Crippen LogP contribution in [0, 0.1) is 20.2 Å². The number of nitro groups is 2. The highest BCUT2D eigenvalue weighted by Crippen LogP contribution is 2.29. The van der Waals surface area contributed by atoms with Gasteiger partial charge in [-0.15, -0.1) is 0 Å². The second-order valence-corrected chi connectivity index (χ2v) is 2.65. The molecule has 0 fully saturated rings. The van der Waals surface area contributed by atoms with Crippen molar-refractivity contribution >= 4 is 17.3 Å². The number of rotatable bonds is 4. The van der Waals surface area contributed by atoms with E-state index >= 15 is 0 Å². The van der Waals surface area contributed by atoms with Crippen molar-refractivity contribution in [1.82, 2.24) is 9.78 Å². The van der Waals surface area contributed by atoms with E-state index in [-0.39, 0.29) is 6.54 Å². The quantitative estimate of drug-likeness (QED) is 0.462. The molecule has 0 bridgehead atoms. The lowest BCUT2D eigenvalue weighted by Gasteiger charge is -1.92. The molecule has 0 aliphatic heterocycles. The van der Waals surface area contributed by atoms with Gasteiger partial charge in [0.2, 0.25) is 5.69 Å². The van der Waals surface area contributed by atoms with Crippen molar-refractivity contribution < 1.29 is 15.6 Å². The Bertz CT molecular complexity index is 412. The maximum Gasteiger partial charge on any atom is 0.443 e. The molecule has 0 spiro atoms. The third-order valence-electron chi connectivity index (χ3n) is 1.66. The van der Waals surface area contributed by atoms with Gasteiger partial charge in [-0.3, -0.25) is 0 Å². The molecule has 10 nitrogen and oxygen atoms in total. The smallest absolute Gasteiger partial charge is 0.385 e. The molecule has 0 atom stereocenters. The van der Waals surface area contributed by atoms with E-state index in [4.69, 9.17) is 5.73 Å². The highest BCUT2D eigenvalue weighted by atomic mass is 16.6. The van der Waals surface area contributed by atoms with Gasteiger partial charge in [0, 0.05) is 0 Å². The molecule has 1 aromatic heterocycles. The van der Waals surface area contributed by atoms with Gasteiger partial charge in [-0.2, -0.15) is 0 Å². The standard InChI is InChI=1S/C5H8N6O4/c6-1-2-9-5(11(14)15)3(7)4(8-9)10(12)13/h1-2,6-7H2/p+1. The predicted molar refractivity (Wildman–Crippen MR) is 47.7 cm³/mol. The Hall–Kier alpha value is -2.23. The minimum atomic E-state index is -0.859. The molecule has 0 saturated heterocycles. The first-order valence-corrected chi connectivity index (χ1v) is 3.93. The topological polar surface area (TPSA) is 158 Å². The fourth-order valence-corrected chi connectivity index (χ4v) is 1.09. The lowest BCUT2D eigenvalue weighted by molar-refractivity contribution is -0.396. The minimum Gasteiger partial charge on any atom is -0.385 e. The third kappa shape index (κ3) is 1.83. The average Bonchev–Trinajstić information content (AvgIpc) is 2.43. The first-order chi connectivity index (χ1) is 6.99. The van der Waals surface area contributed by atoms with Crippen LogP contribution in [0.15, 0.2) is 0 Å². The Labute approximate surface area is 82.8 Å². The van der Waals surface area contributed by atoms with Crippen LogP contribution in [0.3, 0.4) is 0 Å². The number of nitrogens with two attached hydrogens (primary N) is 1. The van der Waals surface area contributed by atoms with Crippen LogP contribution < -0.4 is 11.5 Å². The largest absolute Gasteiger partial charge is 0.443 e. The number of nitrogen functional groups attached to an aromatic ring is 1. The molecule has 5 N–H and O–H groups in total. The summed E-state index contributed by atoms with van der Waals surface area (Å²) in [6.07, 6.45) is 0. The molecule has 10 heteroatoms. The molecular weight excluding hydrogens is 208 g/mol. The molecule has 1 aromatic rings. The van der Waals surface area contributed by atoms with E-state index in [2.05, 4.69) is 10.8 Å². The normalized spacial score (nSPS) is 10.2. The molecule has 1 heterocycles. The summed E-state index contributed by atoms with van der Waals surface area (Å²) in [6.45, 7) is 0.424. The van der Waals surface area contributed by atoms with Crippen LogP contribution in [0.1, 0.15) is 0 Å². The average molecular weight is 217 g/mol. The van der Waals surface area contributed by atoms with Crippen molar-refractivity contribution in [3.63, 3.8) is 0 Å². The Kier molecular flexibility index (Phi) is 2.80. The summed E-state index contributed by atoms with van der Waals surface area (Å²) < 4.78 is 0.875. The Morgan fingerprint density at radius 1 is 1.40 bits per heavy atom. The number of aromatic nitrogens is 2. The summed E-state index contributed by atoms with van der Waals surface area (Å²) in [4.78, 5) is 19.3. The molecular formula is C5H9N6O4+. The monoisotopic (exact) mass is 217 g/mol. The van der Waals surface area contributed by atoms with Gasteiger partial charge in [-0.25, -0.2) is 0 Å². The zero-order valence-corrected chi connectivity index (χ0v) is 7.62. The van der Waals surface area contributed by atoms with Crippen LogP contribution in [-0.4, -0.2) is 26.2 Å². The first kappa shape index (κ1) is 10.8. The molecule has 1 rings (SSSR count). The van der Waals surface area contributed by atoms with E-state index in [1.54, 1.807) is 0 Å². The van der Waals surface area contributed by atoms with Gasteiger partial charge in [-0.1, -0.05) is 0 Å². The molecule has 82 valence electrons. The van der Waals surface area contributed by atoms with Gasteiger partial charge >= 0.3 is 11.6 Å². The van der Waals surface area contributed by atoms with E-state index in [1.807, 2.05) is 0 Å². The van der Waals surface area contributed by atoms with Gasteiger partial charge in [0.15, 0.2) is 11.6 Å². The van der Waals surface area contributed by atoms with Crippen LogP contribution >= 0.6 is 0 Å². The predicted octanol–water partition coefficient (Wildman–Crippen LogP) is -1.48. The maximum atomic E-state index is 10.6. The number of hydrogen-bond donors (Lipinski definition) is 2. The number of nitrogens with zero attached hydrogens (tertiary/aromatic N) is 4. The summed E-state index contributed by atoms with van der Waals surface area (Å²) in [5.41, 5.74) is 8.19. The van der Waals surface area contributed by atoms with E-state index < -0.39 is 27.2 Å². The minimum absolute atomic E-state index is 0.106. The first-order valence-electron chi connectivity index (χ1n) is 3.93. The van der Waals surface area contributed by atoms with Gasteiger partial charge in [-0.05, 0) is 14.5 Å². The number of quaternary nitrogens is 1. The van der Waals surface area contributed by atoms with Crippen LogP contribution in [0.4, 0.5) is 17.3 Å². The van der Waals surface area contributed by atoms with Crippen LogP contribution in [0.5, 0.6) is 0 Å². The van der Waals surface area contributed by atoms with E-state index in [0.29, 0.717) is 6.54 Å². The van der Waals surface area contributed by atoms with Crippen molar-refractivity contribution in [2.75, 3.05) is 12.3 Å². The Morgan fingerprint density at radius 2 is 2.00 bits per heavy atom. The van der Waals surface area contributed by atoms with Crippen molar-refractivity contribution in [1.29, 1.82) is 0 Å². The SMILES string of the molecule is Nc1c([N+](=O)[O-])nn(CC[NH3+])c1[N+](=O)[O-]. The van der Waals surface area contributed by atoms with Crippen molar-refractivity contribution in [2.24, 2.45) is 0 Å². The van der Waals surface area contributed by atoms with Crippen LogP contribution in [0.2, 0.25) is 0 Å². The Balaban J connectivity index is 3.32. The fraction of sp³-hybridized carbons (Fsp3) is 0.400. The molecule has 0 aromatic carbocycles. The fourth-order valence-electron chi connectivity index (χ4n) is 1.09. The summed E-state index contributed by atoms with van der Waals surface area (Å²) in [5.74, 6) is -1.26. The second kappa shape index (κ2) is 3.88. The zero-order valence-electron chi connectivity index (χ0n) is 7.62. The van der Waals surface area contributed by atoms with E-state index in [9.17, 15) is 20.2 Å². The molecule has 0 unspecified atom stereocenters. The molecule has 15 heavy (non-hydrogen) atoms. The third-order valence-corrected chi connectivity index (χ3v) is 1.66. The summed E-state index contributed by atoms with van der Waals surface area (Å²) in [7, 11) is 0. The molecule has 0 radical (unpaired) electrons. The van der Waals surface area contributed by atoms with E-state index in [0.717, 1.165) is 4.68 Å². The maximum absolute atomic E-state index is 10.6. The van der Waals surface area contributed by atoms with Crippen LogP contribution in [0.25, 0.3) is 0 Å².